The average molecular weight is 308 g/mol. The van der Waals surface area contributed by atoms with Crippen molar-refractivity contribution in [3.05, 3.63) is 41.4 Å². The third kappa shape index (κ3) is 4.60. The van der Waals surface area contributed by atoms with Crippen molar-refractivity contribution in [2.24, 2.45) is 5.92 Å². The molecule has 1 aromatic rings. The third-order valence-corrected chi connectivity index (χ3v) is 3.68. The van der Waals surface area contributed by atoms with E-state index >= 15 is 0 Å². The summed E-state index contributed by atoms with van der Waals surface area (Å²) in [4.78, 5) is 23.7. The zero-order valence-electron chi connectivity index (χ0n) is 11.8. The summed E-state index contributed by atoms with van der Waals surface area (Å²) in [6, 6.07) is 6.92. The molecular formula is C16H18ClNO3. The van der Waals surface area contributed by atoms with Crippen molar-refractivity contribution in [1.82, 2.24) is 0 Å². The molecule has 0 unspecified atom stereocenters. The lowest BCUT2D eigenvalue weighted by Gasteiger charge is -2.15. The van der Waals surface area contributed by atoms with E-state index in [1.165, 1.54) is 0 Å². The van der Waals surface area contributed by atoms with Gasteiger partial charge < -0.3 is 10.1 Å². The van der Waals surface area contributed by atoms with Crippen molar-refractivity contribution >= 4 is 29.2 Å². The van der Waals surface area contributed by atoms with Crippen LogP contribution in [0.3, 0.4) is 0 Å². The largest absolute Gasteiger partial charge is 0.453 e. The summed E-state index contributed by atoms with van der Waals surface area (Å²) >= 11 is 5.96. The minimum atomic E-state index is -0.848. The third-order valence-electron chi connectivity index (χ3n) is 3.35. The van der Waals surface area contributed by atoms with Crippen LogP contribution in [-0.4, -0.2) is 18.0 Å². The van der Waals surface area contributed by atoms with Gasteiger partial charge in [0.05, 0.1) is 17.1 Å². The number of hydrogen-bond acceptors (Lipinski definition) is 3. The highest BCUT2D eigenvalue weighted by Gasteiger charge is 2.21. The van der Waals surface area contributed by atoms with E-state index in [2.05, 4.69) is 11.4 Å². The van der Waals surface area contributed by atoms with Crippen molar-refractivity contribution in [2.75, 3.05) is 5.32 Å². The number of benzene rings is 1. The summed E-state index contributed by atoms with van der Waals surface area (Å²) in [5.41, 5.74) is 0.505. The Balaban J connectivity index is 1.83. The van der Waals surface area contributed by atoms with Gasteiger partial charge in [-0.15, -0.1) is 0 Å². The van der Waals surface area contributed by atoms with Crippen LogP contribution in [0.5, 0.6) is 0 Å². The number of halogens is 1. The molecule has 0 aromatic heterocycles. The Morgan fingerprint density at radius 3 is 2.86 bits per heavy atom. The maximum absolute atomic E-state index is 12.0. The molecule has 0 saturated carbocycles. The molecule has 1 aliphatic carbocycles. The molecule has 0 radical (unpaired) electrons. The monoisotopic (exact) mass is 307 g/mol. The topological polar surface area (TPSA) is 55.4 Å². The van der Waals surface area contributed by atoms with Crippen molar-refractivity contribution in [2.45, 2.75) is 32.3 Å². The first kappa shape index (κ1) is 15.6. The number of carbonyl (C=O) groups excluding carboxylic acids is 2. The van der Waals surface area contributed by atoms with Crippen LogP contribution >= 0.6 is 11.6 Å². The lowest BCUT2D eigenvalue weighted by Crippen LogP contribution is -2.30. The van der Waals surface area contributed by atoms with Crippen LogP contribution in [0.25, 0.3) is 0 Å². The molecular weight excluding hydrogens is 290 g/mol. The Bertz CT molecular complexity index is 556. The first-order valence-electron chi connectivity index (χ1n) is 6.98. The van der Waals surface area contributed by atoms with E-state index in [1.807, 2.05) is 6.08 Å². The smallest absolute Gasteiger partial charge is 0.307 e. The molecule has 2 atom stereocenters. The van der Waals surface area contributed by atoms with E-state index in [0.717, 1.165) is 12.8 Å². The highest BCUT2D eigenvalue weighted by atomic mass is 35.5. The van der Waals surface area contributed by atoms with Crippen LogP contribution in [-0.2, 0) is 14.3 Å². The molecule has 0 bridgehead atoms. The minimum absolute atomic E-state index is 0.233. The van der Waals surface area contributed by atoms with Crippen LogP contribution in [0.2, 0.25) is 5.02 Å². The molecule has 21 heavy (non-hydrogen) atoms. The first-order chi connectivity index (χ1) is 10.1. The summed E-state index contributed by atoms with van der Waals surface area (Å²) in [6.45, 7) is 1.55. The van der Waals surface area contributed by atoms with Crippen LogP contribution in [0.4, 0.5) is 5.69 Å². The van der Waals surface area contributed by atoms with Gasteiger partial charge in [0.1, 0.15) is 0 Å². The molecule has 1 N–H and O–H groups in total. The zero-order chi connectivity index (χ0) is 15.2. The van der Waals surface area contributed by atoms with Gasteiger partial charge in [0.25, 0.3) is 5.91 Å². The number of amides is 1. The molecule has 1 aliphatic rings. The fourth-order valence-corrected chi connectivity index (χ4v) is 2.36. The molecule has 1 aromatic carbocycles. The minimum Gasteiger partial charge on any atom is -0.453 e. The molecule has 0 saturated heterocycles. The summed E-state index contributed by atoms with van der Waals surface area (Å²) in [5.74, 6) is -0.511. The Kier molecular flexibility index (Phi) is 5.39. The highest BCUT2D eigenvalue weighted by Crippen LogP contribution is 2.22. The number of carbonyl (C=O) groups is 2. The second kappa shape index (κ2) is 7.27. The summed E-state index contributed by atoms with van der Waals surface area (Å²) < 4.78 is 5.16. The van der Waals surface area contributed by atoms with E-state index in [1.54, 1.807) is 31.2 Å². The number of anilines is 1. The van der Waals surface area contributed by atoms with Crippen LogP contribution in [0, 0.1) is 5.92 Å². The molecule has 0 spiro atoms. The van der Waals surface area contributed by atoms with Crippen LogP contribution in [0.1, 0.15) is 26.2 Å². The Morgan fingerprint density at radius 1 is 1.43 bits per heavy atom. The second-order valence-electron chi connectivity index (χ2n) is 5.07. The zero-order valence-corrected chi connectivity index (χ0v) is 12.6. The lowest BCUT2D eigenvalue weighted by molar-refractivity contribution is -0.153. The quantitative estimate of drug-likeness (QED) is 0.668. The molecule has 4 nitrogen and oxygen atoms in total. The van der Waals surface area contributed by atoms with Crippen molar-refractivity contribution in [1.29, 1.82) is 0 Å². The molecule has 0 aliphatic heterocycles. The molecule has 2 rings (SSSR count). The number of hydrogen-bond donors (Lipinski definition) is 1. The summed E-state index contributed by atoms with van der Waals surface area (Å²) in [6.07, 6.45) is 5.52. The molecule has 1 amide bonds. The highest BCUT2D eigenvalue weighted by molar-refractivity contribution is 6.33. The van der Waals surface area contributed by atoms with Gasteiger partial charge in [-0.3, -0.25) is 9.59 Å². The maximum Gasteiger partial charge on any atom is 0.307 e. The number of rotatable bonds is 5. The Labute approximate surface area is 129 Å². The van der Waals surface area contributed by atoms with E-state index in [0.29, 0.717) is 17.1 Å². The van der Waals surface area contributed by atoms with Gasteiger partial charge in [-0.05, 0) is 37.8 Å². The van der Waals surface area contributed by atoms with Crippen molar-refractivity contribution < 1.29 is 14.3 Å². The number of allylic oxidation sites excluding steroid dienone is 2. The van der Waals surface area contributed by atoms with Crippen LogP contribution < -0.4 is 5.32 Å². The lowest BCUT2D eigenvalue weighted by atomic mass is 10.1. The van der Waals surface area contributed by atoms with Gasteiger partial charge >= 0.3 is 5.97 Å². The summed E-state index contributed by atoms with van der Waals surface area (Å²) in [7, 11) is 0. The van der Waals surface area contributed by atoms with Gasteiger partial charge in [-0.1, -0.05) is 35.9 Å². The summed E-state index contributed by atoms with van der Waals surface area (Å²) in [5, 5.41) is 3.09. The maximum atomic E-state index is 12.0. The van der Waals surface area contributed by atoms with Gasteiger partial charge in [-0.25, -0.2) is 0 Å². The predicted molar refractivity (Wildman–Crippen MR) is 82.1 cm³/mol. The first-order valence-corrected chi connectivity index (χ1v) is 7.35. The standard InChI is InChI=1S/C16H18ClNO3/c1-11(21-15(19)10-12-6-2-3-7-12)16(20)18-14-9-5-4-8-13(14)17/h2,4-6,8-9,11-12H,3,7,10H2,1H3,(H,18,20)/t11-,12+/m0/s1. The molecule has 112 valence electrons. The average Bonchev–Trinajstić information content (AvgIpc) is 2.93. The predicted octanol–water partition coefficient (Wildman–Crippen LogP) is 3.57. The van der Waals surface area contributed by atoms with E-state index in [9.17, 15) is 9.59 Å². The van der Waals surface area contributed by atoms with Crippen LogP contribution in [0.15, 0.2) is 36.4 Å². The van der Waals surface area contributed by atoms with E-state index < -0.39 is 12.0 Å². The Morgan fingerprint density at radius 2 is 2.19 bits per heavy atom. The number of nitrogens with one attached hydrogen (secondary N) is 1. The van der Waals surface area contributed by atoms with Gasteiger partial charge in [-0.2, -0.15) is 0 Å². The van der Waals surface area contributed by atoms with E-state index in [-0.39, 0.29) is 11.9 Å². The molecule has 0 fully saturated rings. The number of para-hydroxylation sites is 1. The van der Waals surface area contributed by atoms with Crippen molar-refractivity contribution in [3.63, 3.8) is 0 Å². The number of ether oxygens (including phenoxy) is 1. The van der Waals surface area contributed by atoms with Gasteiger partial charge in [0.15, 0.2) is 6.10 Å². The fraction of sp³-hybridized carbons (Fsp3) is 0.375. The fourth-order valence-electron chi connectivity index (χ4n) is 2.18. The molecule has 0 heterocycles. The van der Waals surface area contributed by atoms with Crippen molar-refractivity contribution in [3.8, 4) is 0 Å². The SMILES string of the molecule is C[C@H](OC(=O)C[C@@H]1C=CCC1)C(=O)Nc1ccccc1Cl. The number of esters is 1. The second-order valence-corrected chi connectivity index (χ2v) is 5.48. The Hall–Kier alpha value is -1.81. The molecule has 5 heteroatoms. The normalized spacial score (nSPS) is 18.3. The van der Waals surface area contributed by atoms with Gasteiger partial charge in [0.2, 0.25) is 0 Å². The van der Waals surface area contributed by atoms with E-state index in [4.69, 9.17) is 16.3 Å². The van der Waals surface area contributed by atoms with Gasteiger partial charge in [0, 0.05) is 0 Å².